The molecule has 1 rings (SSSR count). The van der Waals surface area contributed by atoms with E-state index in [0.717, 1.165) is 24.7 Å². The first-order valence-electron chi connectivity index (χ1n) is 9.49. The zero-order chi connectivity index (χ0) is 17.9. The number of carbonyl (C=O) groups is 1. The van der Waals surface area contributed by atoms with Gasteiger partial charge in [0.05, 0.1) is 6.10 Å². The number of aliphatic hydroxyl groups is 1. The molecule has 0 spiro atoms. The van der Waals surface area contributed by atoms with Gasteiger partial charge >= 0.3 is 0 Å². The molecule has 0 heterocycles. The normalized spacial score (nSPS) is 12.3. The highest BCUT2D eigenvalue weighted by Gasteiger charge is 2.18. The van der Waals surface area contributed by atoms with Crippen LogP contribution in [0.3, 0.4) is 0 Å². The van der Waals surface area contributed by atoms with E-state index in [9.17, 15) is 15.0 Å². The Bertz CT molecular complexity index is 508. The first kappa shape index (κ1) is 20.7. The predicted octanol–water partition coefficient (Wildman–Crippen LogP) is 5.78. The summed E-state index contributed by atoms with van der Waals surface area (Å²) in [6.07, 6.45) is 11.9. The molecule has 1 unspecified atom stereocenters. The molecule has 1 atom stereocenters. The Morgan fingerprint density at radius 3 is 2.08 bits per heavy atom. The lowest BCUT2D eigenvalue weighted by atomic mass is 9.92. The standard InChI is InChI=1S/C21H34O3/c1-4-5-6-7-8-9-10-11-12-13-19(23)21-17(3)18(15-22)16(2)14-20(21)24/h14-15,19,23-24H,4-13H2,1-3H3. The summed E-state index contributed by atoms with van der Waals surface area (Å²) in [7, 11) is 0. The van der Waals surface area contributed by atoms with E-state index in [2.05, 4.69) is 6.92 Å². The van der Waals surface area contributed by atoms with Crippen molar-refractivity contribution in [2.24, 2.45) is 0 Å². The maximum atomic E-state index is 11.2. The summed E-state index contributed by atoms with van der Waals surface area (Å²) < 4.78 is 0. The number of phenols is 1. The molecule has 2 N–H and O–H groups in total. The minimum Gasteiger partial charge on any atom is -0.508 e. The Hall–Kier alpha value is -1.35. The molecular weight excluding hydrogens is 300 g/mol. The Labute approximate surface area is 147 Å². The molecule has 0 aliphatic rings. The first-order valence-corrected chi connectivity index (χ1v) is 9.49. The van der Waals surface area contributed by atoms with Gasteiger partial charge in [-0.25, -0.2) is 0 Å². The summed E-state index contributed by atoms with van der Waals surface area (Å²) in [4.78, 5) is 11.2. The van der Waals surface area contributed by atoms with Crippen molar-refractivity contribution in [3.8, 4) is 5.75 Å². The average molecular weight is 335 g/mol. The topological polar surface area (TPSA) is 57.5 Å². The van der Waals surface area contributed by atoms with Gasteiger partial charge < -0.3 is 10.2 Å². The molecule has 0 bridgehead atoms. The second-order valence-corrected chi connectivity index (χ2v) is 6.92. The first-order chi connectivity index (χ1) is 11.5. The molecule has 0 fully saturated rings. The molecule has 0 aliphatic carbocycles. The number of benzene rings is 1. The van der Waals surface area contributed by atoms with Gasteiger partial charge in [-0.2, -0.15) is 0 Å². The quantitative estimate of drug-likeness (QED) is 0.376. The van der Waals surface area contributed by atoms with E-state index in [4.69, 9.17) is 0 Å². The number of aliphatic hydroxyl groups excluding tert-OH is 1. The van der Waals surface area contributed by atoms with Crippen LogP contribution in [0.15, 0.2) is 6.07 Å². The fourth-order valence-electron chi connectivity index (χ4n) is 3.39. The third kappa shape index (κ3) is 6.27. The van der Waals surface area contributed by atoms with Crippen LogP contribution >= 0.6 is 0 Å². The molecule has 0 saturated carbocycles. The summed E-state index contributed by atoms with van der Waals surface area (Å²) in [6, 6.07) is 1.57. The Balaban J connectivity index is 2.38. The highest BCUT2D eigenvalue weighted by Crippen LogP contribution is 2.34. The number of unbranched alkanes of at least 4 members (excludes halogenated alkanes) is 8. The minimum atomic E-state index is -0.700. The lowest BCUT2D eigenvalue weighted by molar-refractivity contribution is 0.112. The number of aryl methyl sites for hydroxylation is 1. The van der Waals surface area contributed by atoms with Gasteiger partial charge in [0.1, 0.15) is 5.75 Å². The van der Waals surface area contributed by atoms with Gasteiger partial charge in [-0.3, -0.25) is 4.79 Å². The molecule has 0 saturated heterocycles. The van der Waals surface area contributed by atoms with Gasteiger partial charge in [0.2, 0.25) is 0 Å². The molecule has 24 heavy (non-hydrogen) atoms. The fraction of sp³-hybridized carbons (Fsp3) is 0.667. The van der Waals surface area contributed by atoms with Crippen molar-refractivity contribution in [2.75, 3.05) is 0 Å². The highest BCUT2D eigenvalue weighted by atomic mass is 16.3. The second-order valence-electron chi connectivity index (χ2n) is 6.92. The fourth-order valence-corrected chi connectivity index (χ4v) is 3.39. The maximum Gasteiger partial charge on any atom is 0.150 e. The van der Waals surface area contributed by atoms with E-state index in [1.807, 2.05) is 0 Å². The van der Waals surface area contributed by atoms with E-state index < -0.39 is 6.10 Å². The van der Waals surface area contributed by atoms with Crippen molar-refractivity contribution in [2.45, 2.75) is 91.1 Å². The van der Waals surface area contributed by atoms with E-state index in [-0.39, 0.29) is 5.75 Å². The van der Waals surface area contributed by atoms with E-state index in [0.29, 0.717) is 23.1 Å². The second kappa shape index (κ2) is 11.2. The van der Waals surface area contributed by atoms with Crippen LogP contribution in [0.2, 0.25) is 0 Å². The van der Waals surface area contributed by atoms with Crippen molar-refractivity contribution in [3.63, 3.8) is 0 Å². The molecule has 3 heteroatoms. The monoisotopic (exact) mass is 334 g/mol. The summed E-state index contributed by atoms with van der Waals surface area (Å²) in [6.45, 7) is 5.83. The van der Waals surface area contributed by atoms with Crippen LogP contribution in [0.5, 0.6) is 5.75 Å². The third-order valence-corrected chi connectivity index (χ3v) is 4.89. The van der Waals surface area contributed by atoms with E-state index in [1.165, 1.54) is 44.9 Å². The minimum absolute atomic E-state index is 0.0963. The van der Waals surface area contributed by atoms with Gasteiger partial charge in [0.25, 0.3) is 0 Å². The Kier molecular flexibility index (Phi) is 9.70. The number of hydrogen-bond donors (Lipinski definition) is 2. The van der Waals surface area contributed by atoms with Crippen LogP contribution in [0.1, 0.15) is 104 Å². The van der Waals surface area contributed by atoms with Crippen LogP contribution in [-0.4, -0.2) is 16.5 Å². The molecule has 136 valence electrons. The Morgan fingerprint density at radius 2 is 1.54 bits per heavy atom. The third-order valence-electron chi connectivity index (χ3n) is 4.89. The number of aromatic hydroxyl groups is 1. The van der Waals surface area contributed by atoms with Crippen molar-refractivity contribution in [1.29, 1.82) is 0 Å². The molecule has 0 aromatic heterocycles. The molecule has 3 nitrogen and oxygen atoms in total. The summed E-state index contributed by atoms with van der Waals surface area (Å²) in [5.74, 6) is 0.0963. The number of carbonyl (C=O) groups excluding carboxylic acids is 1. The SMILES string of the molecule is CCCCCCCCCCCC(O)c1c(O)cc(C)c(C=O)c1C. The van der Waals surface area contributed by atoms with Crippen molar-refractivity contribution in [3.05, 3.63) is 28.3 Å². The molecule has 1 aromatic carbocycles. The van der Waals surface area contributed by atoms with Crippen LogP contribution in [0.4, 0.5) is 0 Å². The van der Waals surface area contributed by atoms with Gasteiger partial charge in [0, 0.05) is 11.1 Å². The smallest absolute Gasteiger partial charge is 0.150 e. The van der Waals surface area contributed by atoms with Crippen molar-refractivity contribution < 1.29 is 15.0 Å². The van der Waals surface area contributed by atoms with E-state index in [1.54, 1.807) is 19.9 Å². The summed E-state index contributed by atoms with van der Waals surface area (Å²) in [5, 5.41) is 20.5. The number of hydrogen-bond acceptors (Lipinski definition) is 3. The van der Waals surface area contributed by atoms with Crippen LogP contribution in [-0.2, 0) is 0 Å². The maximum absolute atomic E-state index is 11.2. The zero-order valence-corrected chi connectivity index (χ0v) is 15.6. The molecule has 0 amide bonds. The number of aldehydes is 1. The highest BCUT2D eigenvalue weighted by molar-refractivity contribution is 5.81. The molecular formula is C21H34O3. The lowest BCUT2D eigenvalue weighted by Crippen LogP contribution is -2.05. The van der Waals surface area contributed by atoms with Crippen LogP contribution in [0.25, 0.3) is 0 Å². The van der Waals surface area contributed by atoms with Gasteiger partial charge in [-0.05, 0) is 37.5 Å². The van der Waals surface area contributed by atoms with Gasteiger partial charge in [-0.1, -0.05) is 64.7 Å². The van der Waals surface area contributed by atoms with Crippen molar-refractivity contribution in [1.82, 2.24) is 0 Å². The van der Waals surface area contributed by atoms with Crippen molar-refractivity contribution >= 4 is 6.29 Å². The van der Waals surface area contributed by atoms with Crippen LogP contribution < -0.4 is 0 Å². The number of phenolic OH excluding ortho intramolecular Hbond substituents is 1. The summed E-state index contributed by atoms with van der Waals surface area (Å²) >= 11 is 0. The molecule has 1 aromatic rings. The average Bonchev–Trinajstić information content (AvgIpc) is 2.53. The Morgan fingerprint density at radius 1 is 1.00 bits per heavy atom. The summed E-state index contributed by atoms with van der Waals surface area (Å²) in [5.41, 5.74) is 2.54. The van der Waals surface area contributed by atoms with Crippen LogP contribution in [0, 0.1) is 13.8 Å². The molecule has 0 radical (unpaired) electrons. The zero-order valence-electron chi connectivity index (χ0n) is 15.6. The predicted molar refractivity (Wildman–Crippen MR) is 99.8 cm³/mol. The largest absolute Gasteiger partial charge is 0.508 e. The number of rotatable bonds is 12. The molecule has 0 aliphatic heterocycles. The lowest BCUT2D eigenvalue weighted by Gasteiger charge is -2.18. The van der Waals surface area contributed by atoms with E-state index >= 15 is 0 Å². The van der Waals surface area contributed by atoms with Gasteiger partial charge in [-0.15, -0.1) is 0 Å². The van der Waals surface area contributed by atoms with Gasteiger partial charge in [0.15, 0.2) is 6.29 Å².